The Balaban J connectivity index is 3.37. The summed E-state index contributed by atoms with van der Waals surface area (Å²) in [4.78, 5) is 10.8. The maximum atomic E-state index is 10.8. The first-order chi connectivity index (χ1) is 7.72. The number of hydrogen-bond donors (Lipinski definition) is 2. The first kappa shape index (κ1) is 15.4. The molecule has 1 unspecified atom stereocenters. The molecule has 0 aromatic heterocycles. The van der Waals surface area contributed by atoms with E-state index in [0.29, 0.717) is 0 Å². The number of nitrogens with one attached hydrogen (secondary N) is 1. The van der Waals surface area contributed by atoms with Gasteiger partial charge >= 0.3 is 5.97 Å². The molecular formula is C13H27NO2. The predicted octanol–water partition coefficient (Wildman–Crippen LogP) is 3.19. The molecule has 0 aromatic rings. The van der Waals surface area contributed by atoms with Crippen LogP contribution in [0.2, 0.25) is 0 Å². The number of unbranched alkanes of at least 4 members (excludes halogenated alkanes) is 6. The zero-order valence-corrected chi connectivity index (χ0v) is 10.8. The van der Waals surface area contributed by atoms with Crippen LogP contribution in [0.3, 0.4) is 0 Å². The standard InChI is InChI=1S/C13H27NO2/c1-3-5-6-7-8-9-10-11-12(13(15)16)14-4-2/h12,14H,3-11H2,1-2H3,(H,15,16). The van der Waals surface area contributed by atoms with Crippen LogP contribution in [0.15, 0.2) is 0 Å². The van der Waals surface area contributed by atoms with Crippen LogP contribution in [-0.2, 0) is 4.79 Å². The van der Waals surface area contributed by atoms with Crippen molar-refractivity contribution >= 4 is 5.97 Å². The summed E-state index contributed by atoms with van der Waals surface area (Å²) in [7, 11) is 0. The number of likely N-dealkylation sites (N-methyl/N-ethyl adjacent to an activating group) is 1. The highest BCUT2D eigenvalue weighted by molar-refractivity contribution is 5.73. The summed E-state index contributed by atoms with van der Waals surface area (Å²) in [6.07, 6.45) is 9.43. The molecule has 2 N–H and O–H groups in total. The normalized spacial score (nSPS) is 12.6. The molecule has 0 heterocycles. The number of hydrogen-bond acceptors (Lipinski definition) is 2. The maximum Gasteiger partial charge on any atom is 0.320 e. The molecule has 3 nitrogen and oxygen atoms in total. The van der Waals surface area contributed by atoms with Crippen molar-refractivity contribution in [1.82, 2.24) is 5.32 Å². The molecule has 1 atom stereocenters. The first-order valence-corrected chi connectivity index (χ1v) is 6.68. The van der Waals surface area contributed by atoms with E-state index in [1.807, 2.05) is 6.92 Å². The molecule has 0 fully saturated rings. The molecule has 0 aliphatic carbocycles. The van der Waals surface area contributed by atoms with Gasteiger partial charge in [0.15, 0.2) is 0 Å². The van der Waals surface area contributed by atoms with Gasteiger partial charge in [-0.25, -0.2) is 0 Å². The molecule has 0 aliphatic heterocycles. The van der Waals surface area contributed by atoms with E-state index in [9.17, 15) is 4.79 Å². The second kappa shape index (κ2) is 10.9. The molecular weight excluding hydrogens is 202 g/mol. The highest BCUT2D eigenvalue weighted by Gasteiger charge is 2.14. The predicted molar refractivity (Wildman–Crippen MR) is 67.7 cm³/mol. The van der Waals surface area contributed by atoms with Crippen LogP contribution in [0.4, 0.5) is 0 Å². The molecule has 0 saturated carbocycles. The molecule has 0 bridgehead atoms. The Morgan fingerprint density at radius 2 is 1.62 bits per heavy atom. The summed E-state index contributed by atoms with van der Waals surface area (Å²) in [5.74, 6) is -0.715. The van der Waals surface area contributed by atoms with Gasteiger partial charge in [0.05, 0.1) is 0 Å². The number of carboxylic acids is 1. The zero-order chi connectivity index (χ0) is 12.2. The van der Waals surface area contributed by atoms with Crippen LogP contribution >= 0.6 is 0 Å². The third kappa shape index (κ3) is 8.72. The average Bonchev–Trinajstić information content (AvgIpc) is 2.26. The fourth-order valence-electron chi connectivity index (χ4n) is 1.86. The summed E-state index contributed by atoms with van der Waals surface area (Å²) in [5, 5.41) is 11.9. The fraction of sp³-hybridized carbons (Fsp3) is 0.923. The lowest BCUT2D eigenvalue weighted by atomic mass is 10.1. The first-order valence-electron chi connectivity index (χ1n) is 6.68. The summed E-state index contributed by atoms with van der Waals surface area (Å²) >= 11 is 0. The lowest BCUT2D eigenvalue weighted by Crippen LogP contribution is -2.36. The van der Waals surface area contributed by atoms with E-state index in [0.717, 1.165) is 19.4 Å². The Hall–Kier alpha value is -0.570. The lowest BCUT2D eigenvalue weighted by Gasteiger charge is -2.12. The van der Waals surface area contributed by atoms with Gasteiger partial charge in [-0.1, -0.05) is 58.8 Å². The van der Waals surface area contributed by atoms with Crippen LogP contribution < -0.4 is 5.32 Å². The van der Waals surface area contributed by atoms with Crippen molar-refractivity contribution in [3.8, 4) is 0 Å². The quantitative estimate of drug-likeness (QED) is 0.535. The second-order valence-electron chi connectivity index (χ2n) is 4.36. The Morgan fingerprint density at radius 3 is 2.12 bits per heavy atom. The summed E-state index contributed by atoms with van der Waals surface area (Å²) in [6, 6.07) is -0.347. The van der Waals surface area contributed by atoms with E-state index in [2.05, 4.69) is 12.2 Å². The summed E-state index contributed by atoms with van der Waals surface area (Å²) in [5.41, 5.74) is 0. The molecule has 0 spiro atoms. The SMILES string of the molecule is CCCCCCCCCC(NCC)C(=O)O. The van der Waals surface area contributed by atoms with Gasteiger partial charge in [-0.15, -0.1) is 0 Å². The Morgan fingerprint density at radius 1 is 1.06 bits per heavy atom. The number of carboxylic acid groups (broad SMARTS) is 1. The molecule has 0 aromatic carbocycles. The van der Waals surface area contributed by atoms with Crippen LogP contribution in [0, 0.1) is 0 Å². The van der Waals surface area contributed by atoms with Gasteiger partial charge in [0, 0.05) is 0 Å². The van der Waals surface area contributed by atoms with Crippen molar-refractivity contribution in [2.24, 2.45) is 0 Å². The average molecular weight is 229 g/mol. The third-order valence-corrected chi connectivity index (χ3v) is 2.84. The van der Waals surface area contributed by atoms with Crippen LogP contribution in [-0.4, -0.2) is 23.7 Å². The van der Waals surface area contributed by atoms with Gasteiger partial charge in [-0.05, 0) is 13.0 Å². The molecule has 0 rings (SSSR count). The Bertz CT molecular complexity index is 171. The van der Waals surface area contributed by atoms with E-state index in [1.165, 1.54) is 38.5 Å². The van der Waals surface area contributed by atoms with Crippen molar-refractivity contribution in [2.45, 2.75) is 71.3 Å². The minimum atomic E-state index is -0.715. The van der Waals surface area contributed by atoms with Crippen molar-refractivity contribution in [1.29, 1.82) is 0 Å². The molecule has 0 aliphatic rings. The van der Waals surface area contributed by atoms with E-state index in [1.54, 1.807) is 0 Å². The van der Waals surface area contributed by atoms with Crippen LogP contribution in [0.1, 0.15) is 65.2 Å². The van der Waals surface area contributed by atoms with Crippen molar-refractivity contribution < 1.29 is 9.90 Å². The largest absolute Gasteiger partial charge is 0.480 e. The van der Waals surface area contributed by atoms with Crippen LogP contribution in [0.5, 0.6) is 0 Å². The lowest BCUT2D eigenvalue weighted by molar-refractivity contribution is -0.139. The highest BCUT2D eigenvalue weighted by atomic mass is 16.4. The van der Waals surface area contributed by atoms with E-state index >= 15 is 0 Å². The number of rotatable bonds is 11. The number of aliphatic carboxylic acids is 1. The van der Waals surface area contributed by atoms with Gasteiger partial charge in [0.2, 0.25) is 0 Å². The van der Waals surface area contributed by atoms with Crippen molar-refractivity contribution in [2.75, 3.05) is 6.54 Å². The Kier molecular flexibility index (Phi) is 10.5. The smallest absolute Gasteiger partial charge is 0.320 e. The molecule has 96 valence electrons. The minimum absolute atomic E-state index is 0.347. The topological polar surface area (TPSA) is 49.3 Å². The highest BCUT2D eigenvalue weighted by Crippen LogP contribution is 2.09. The number of carbonyl (C=O) groups is 1. The molecule has 3 heteroatoms. The fourth-order valence-corrected chi connectivity index (χ4v) is 1.86. The Labute approximate surface area is 99.6 Å². The summed E-state index contributed by atoms with van der Waals surface area (Å²) < 4.78 is 0. The summed E-state index contributed by atoms with van der Waals surface area (Å²) in [6.45, 7) is 4.89. The second-order valence-corrected chi connectivity index (χ2v) is 4.36. The molecule has 16 heavy (non-hydrogen) atoms. The zero-order valence-electron chi connectivity index (χ0n) is 10.8. The van der Waals surface area contributed by atoms with Gasteiger partial charge in [0.1, 0.15) is 6.04 Å². The van der Waals surface area contributed by atoms with Gasteiger partial charge in [-0.2, -0.15) is 0 Å². The monoisotopic (exact) mass is 229 g/mol. The van der Waals surface area contributed by atoms with Gasteiger partial charge in [-0.3, -0.25) is 4.79 Å². The van der Waals surface area contributed by atoms with Crippen molar-refractivity contribution in [3.63, 3.8) is 0 Å². The maximum absolute atomic E-state index is 10.8. The molecule has 0 saturated heterocycles. The third-order valence-electron chi connectivity index (χ3n) is 2.84. The van der Waals surface area contributed by atoms with Gasteiger partial charge < -0.3 is 10.4 Å². The van der Waals surface area contributed by atoms with E-state index in [4.69, 9.17) is 5.11 Å². The van der Waals surface area contributed by atoms with Crippen molar-refractivity contribution in [3.05, 3.63) is 0 Å². The van der Waals surface area contributed by atoms with Gasteiger partial charge in [0.25, 0.3) is 0 Å². The van der Waals surface area contributed by atoms with E-state index < -0.39 is 5.97 Å². The van der Waals surface area contributed by atoms with Crippen LogP contribution in [0.25, 0.3) is 0 Å². The molecule has 0 radical (unpaired) electrons. The van der Waals surface area contributed by atoms with E-state index in [-0.39, 0.29) is 6.04 Å². The molecule has 0 amide bonds. The minimum Gasteiger partial charge on any atom is -0.480 e.